The Morgan fingerprint density at radius 3 is 2.68 bits per heavy atom. The number of nitrogens with one attached hydrogen (secondary N) is 1. The third kappa shape index (κ3) is 2.66. The van der Waals surface area contributed by atoms with Crippen molar-refractivity contribution in [2.75, 3.05) is 11.9 Å². The Morgan fingerprint density at radius 1 is 1.32 bits per heavy atom. The van der Waals surface area contributed by atoms with Gasteiger partial charge in [-0.25, -0.2) is 4.39 Å². The summed E-state index contributed by atoms with van der Waals surface area (Å²) in [6.45, 7) is 7.01. The second-order valence-corrected chi connectivity index (χ2v) is 5.02. The lowest BCUT2D eigenvalue weighted by Crippen LogP contribution is -2.07. The zero-order valence-electron chi connectivity index (χ0n) is 11.5. The normalized spacial score (nSPS) is 11.0. The number of hydrogen-bond acceptors (Lipinski definition) is 2. The molecule has 19 heavy (non-hydrogen) atoms. The quantitative estimate of drug-likeness (QED) is 0.876. The zero-order chi connectivity index (χ0) is 14.0. The molecule has 0 atom stereocenters. The van der Waals surface area contributed by atoms with E-state index in [4.69, 9.17) is 11.6 Å². The van der Waals surface area contributed by atoms with Crippen LogP contribution in [0.3, 0.4) is 0 Å². The molecule has 2 rings (SSSR count). The third-order valence-corrected chi connectivity index (χ3v) is 3.51. The number of halogens is 2. The van der Waals surface area contributed by atoms with E-state index in [0.717, 1.165) is 41.7 Å². The van der Waals surface area contributed by atoms with Gasteiger partial charge in [-0.1, -0.05) is 25.4 Å². The van der Waals surface area contributed by atoms with Crippen molar-refractivity contribution in [3.05, 3.63) is 34.2 Å². The van der Waals surface area contributed by atoms with Crippen LogP contribution in [0.2, 0.25) is 5.02 Å². The lowest BCUT2D eigenvalue weighted by Gasteiger charge is -2.16. The summed E-state index contributed by atoms with van der Waals surface area (Å²) in [5.74, 6) is -0.352. The molecular formula is C15H18ClFN2. The van der Waals surface area contributed by atoms with Crippen molar-refractivity contribution >= 4 is 28.2 Å². The first-order valence-electron chi connectivity index (χ1n) is 6.60. The smallest absolute Gasteiger partial charge is 0.126 e. The molecule has 0 aliphatic rings. The second-order valence-electron chi connectivity index (χ2n) is 4.61. The number of anilines is 1. The fourth-order valence-electron chi connectivity index (χ4n) is 2.35. The van der Waals surface area contributed by atoms with E-state index in [1.54, 1.807) is 0 Å². The van der Waals surface area contributed by atoms with Crippen LogP contribution in [0.25, 0.3) is 10.9 Å². The van der Waals surface area contributed by atoms with Crippen molar-refractivity contribution in [2.24, 2.45) is 0 Å². The maximum atomic E-state index is 13.5. The number of rotatable bonds is 4. The van der Waals surface area contributed by atoms with Crippen molar-refractivity contribution in [3.8, 4) is 0 Å². The molecule has 0 unspecified atom stereocenters. The van der Waals surface area contributed by atoms with E-state index in [-0.39, 0.29) is 5.82 Å². The SMILES string of the molecule is CCCNc1c(CC)c(C)nc2cc(F)cc(Cl)c12. The minimum atomic E-state index is -0.352. The number of fused-ring (bicyclic) bond motifs is 1. The van der Waals surface area contributed by atoms with Crippen LogP contribution in [0.15, 0.2) is 12.1 Å². The van der Waals surface area contributed by atoms with Crippen molar-refractivity contribution < 1.29 is 4.39 Å². The molecule has 2 aromatic rings. The first-order valence-corrected chi connectivity index (χ1v) is 6.98. The Bertz CT molecular complexity index is 611. The van der Waals surface area contributed by atoms with Crippen molar-refractivity contribution in [1.82, 2.24) is 4.98 Å². The Balaban J connectivity index is 2.77. The third-order valence-electron chi connectivity index (χ3n) is 3.22. The Morgan fingerprint density at radius 2 is 2.05 bits per heavy atom. The van der Waals surface area contributed by atoms with Crippen LogP contribution in [0.4, 0.5) is 10.1 Å². The van der Waals surface area contributed by atoms with E-state index in [1.807, 2.05) is 6.92 Å². The number of pyridine rings is 1. The van der Waals surface area contributed by atoms with Gasteiger partial charge >= 0.3 is 0 Å². The summed E-state index contributed by atoms with van der Waals surface area (Å²) < 4.78 is 13.5. The van der Waals surface area contributed by atoms with E-state index in [2.05, 4.69) is 24.1 Å². The molecule has 4 heteroatoms. The van der Waals surface area contributed by atoms with Gasteiger partial charge in [-0.3, -0.25) is 4.98 Å². The van der Waals surface area contributed by atoms with Crippen molar-refractivity contribution in [1.29, 1.82) is 0 Å². The maximum absolute atomic E-state index is 13.5. The van der Waals surface area contributed by atoms with Gasteiger partial charge in [0.1, 0.15) is 5.82 Å². The van der Waals surface area contributed by atoms with E-state index >= 15 is 0 Å². The highest BCUT2D eigenvalue weighted by Gasteiger charge is 2.14. The summed E-state index contributed by atoms with van der Waals surface area (Å²) in [6.07, 6.45) is 1.89. The molecule has 1 heterocycles. The number of benzene rings is 1. The number of aromatic nitrogens is 1. The summed E-state index contributed by atoms with van der Waals surface area (Å²) in [6, 6.07) is 2.78. The van der Waals surface area contributed by atoms with E-state index in [0.29, 0.717) is 10.5 Å². The minimum Gasteiger partial charge on any atom is -0.384 e. The Hall–Kier alpha value is -1.35. The molecule has 0 aliphatic heterocycles. The monoisotopic (exact) mass is 280 g/mol. The summed E-state index contributed by atoms with van der Waals surface area (Å²) >= 11 is 6.21. The summed E-state index contributed by atoms with van der Waals surface area (Å²) in [4.78, 5) is 4.47. The number of aryl methyl sites for hydroxylation is 1. The highest BCUT2D eigenvalue weighted by Crippen LogP contribution is 2.34. The highest BCUT2D eigenvalue weighted by molar-refractivity contribution is 6.36. The van der Waals surface area contributed by atoms with Crippen LogP contribution >= 0.6 is 11.6 Å². The predicted molar refractivity (Wildman–Crippen MR) is 79.6 cm³/mol. The van der Waals surface area contributed by atoms with Crippen LogP contribution in [0.1, 0.15) is 31.5 Å². The first-order chi connectivity index (χ1) is 9.08. The molecule has 0 radical (unpaired) electrons. The molecule has 1 N–H and O–H groups in total. The molecule has 1 aromatic carbocycles. The van der Waals surface area contributed by atoms with Gasteiger partial charge in [0.05, 0.1) is 16.2 Å². The molecule has 0 saturated heterocycles. The summed E-state index contributed by atoms with van der Waals surface area (Å²) in [5, 5.41) is 4.64. The fraction of sp³-hybridized carbons (Fsp3) is 0.400. The summed E-state index contributed by atoms with van der Waals surface area (Å²) in [7, 11) is 0. The van der Waals surface area contributed by atoms with Gasteiger partial charge < -0.3 is 5.32 Å². The van der Waals surface area contributed by atoms with Gasteiger partial charge in [-0.05, 0) is 31.4 Å². The minimum absolute atomic E-state index is 0.352. The molecule has 0 fully saturated rings. The number of nitrogens with zero attached hydrogens (tertiary/aromatic N) is 1. The molecule has 0 aliphatic carbocycles. The summed E-state index contributed by atoms with van der Waals surface area (Å²) in [5.41, 5.74) is 3.68. The fourth-order valence-corrected chi connectivity index (χ4v) is 2.65. The molecule has 0 amide bonds. The molecule has 0 bridgehead atoms. The van der Waals surface area contributed by atoms with Crippen LogP contribution in [0.5, 0.6) is 0 Å². The average Bonchev–Trinajstić information content (AvgIpc) is 2.34. The van der Waals surface area contributed by atoms with Gasteiger partial charge in [0.2, 0.25) is 0 Å². The second kappa shape index (κ2) is 5.74. The molecule has 2 nitrogen and oxygen atoms in total. The van der Waals surface area contributed by atoms with Gasteiger partial charge in [0, 0.05) is 23.7 Å². The van der Waals surface area contributed by atoms with Crippen molar-refractivity contribution in [2.45, 2.75) is 33.6 Å². The van der Waals surface area contributed by atoms with Crippen LogP contribution in [0, 0.1) is 12.7 Å². The standard InChI is InChI=1S/C15H18ClFN2/c1-4-6-18-15-11(5-2)9(3)19-13-8-10(17)7-12(16)14(13)15/h7-8H,4-6H2,1-3H3,(H,18,19). The van der Waals surface area contributed by atoms with E-state index < -0.39 is 0 Å². The maximum Gasteiger partial charge on any atom is 0.126 e. The van der Waals surface area contributed by atoms with Crippen LogP contribution in [-0.2, 0) is 6.42 Å². The average molecular weight is 281 g/mol. The number of hydrogen-bond donors (Lipinski definition) is 1. The molecule has 1 aromatic heterocycles. The molecule has 0 spiro atoms. The van der Waals surface area contributed by atoms with E-state index in [1.165, 1.54) is 12.1 Å². The first kappa shape index (κ1) is 14.1. The predicted octanol–water partition coefficient (Wildman–Crippen LogP) is 4.72. The van der Waals surface area contributed by atoms with Crippen LogP contribution in [-0.4, -0.2) is 11.5 Å². The van der Waals surface area contributed by atoms with Gasteiger partial charge in [-0.2, -0.15) is 0 Å². The van der Waals surface area contributed by atoms with Crippen LogP contribution < -0.4 is 5.32 Å². The molecule has 102 valence electrons. The van der Waals surface area contributed by atoms with Gasteiger partial charge in [0.15, 0.2) is 0 Å². The lowest BCUT2D eigenvalue weighted by molar-refractivity contribution is 0.629. The highest BCUT2D eigenvalue weighted by atomic mass is 35.5. The Labute approximate surface area is 118 Å². The van der Waals surface area contributed by atoms with Crippen molar-refractivity contribution in [3.63, 3.8) is 0 Å². The molecule has 0 saturated carbocycles. The zero-order valence-corrected chi connectivity index (χ0v) is 12.2. The largest absolute Gasteiger partial charge is 0.384 e. The van der Waals surface area contributed by atoms with E-state index in [9.17, 15) is 4.39 Å². The Kier molecular flexibility index (Phi) is 4.25. The van der Waals surface area contributed by atoms with Gasteiger partial charge in [-0.15, -0.1) is 0 Å². The van der Waals surface area contributed by atoms with Gasteiger partial charge in [0.25, 0.3) is 0 Å². The lowest BCUT2D eigenvalue weighted by atomic mass is 10.0. The molecular weight excluding hydrogens is 263 g/mol. The topological polar surface area (TPSA) is 24.9 Å².